The Morgan fingerprint density at radius 3 is 2.27 bits per heavy atom. The van der Waals surface area contributed by atoms with Crippen molar-refractivity contribution in [3.8, 4) is 5.75 Å². The van der Waals surface area contributed by atoms with Crippen LogP contribution < -0.4 is 10.1 Å². The molecule has 4 atom stereocenters. The summed E-state index contributed by atoms with van der Waals surface area (Å²) in [6.07, 6.45) is -0.433. The van der Waals surface area contributed by atoms with Crippen molar-refractivity contribution in [1.29, 1.82) is 0 Å². The third-order valence-electron chi connectivity index (χ3n) is 6.08. The van der Waals surface area contributed by atoms with E-state index < -0.39 is 6.10 Å². The standard InChI is InChI=1S/C22H28N2O2/c1-15-21(24-13-11-23-12-14-24)20(18-9-5-6-10-19(18)26-2)16-7-3-4-8-17(16)22(15)25/h3-10,15,20-23,25H,11-14H2,1-2H3. The molecule has 4 heteroatoms. The van der Waals surface area contributed by atoms with Crippen molar-refractivity contribution in [2.45, 2.75) is 25.0 Å². The second-order valence-corrected chi connectivity index (χ2v) is 7.43. The van der Waals surface area contributed by atoms with E-state index in [0.29, 0.717) is 0 Å². The van der Waals surface area contributed by atoms with Gasteiger partial charge in [0.25, 0.3) is 0 Å². The fourth-order valence-electron chi connectivity index (χ4n) is 4.82. The lowest BCUT2D eigenvalue weighted by Crippen LogP contribution is -2.55. The molecule has 1 aliphatic heterocycles. The topological polar surface area (TPSA) is 44.7 Å². The summed E-state index contributed by atoms with van der Waals surface area (Å²) < 4.78 is 5.72. The van der Waals surface area contributed by atoms with Crippen LogP contribution in [0.4, 0.5) is 0 Å². The number of methoxy groups -OCH3 is 1. The molecule has 0 radical (unpaired) electrons. The Morgan fingerprint density at radius 1 is 0.962 bits per heavy atom. The van der Waals surface area contributed by atoms with Gasteiger partial charge in [-0.15, -0.1) is 0 Å². The number of fused-ring (bicyclic) bond motifs is 1. The van der Waals surface area contributed by atoms with Crippen LogP contribution in [0.5, 0.6) is 5.75 Å². The molecule has 1 saturated heterocycles. The Kier molecular flexibility index (Phi) is 4.98. The number of benzene rings is 2. The van der Waals surface area contributed by atoms with Crippen molar-refractivity contribution in [1.82, 2.24) is 10.2 Å². The summed E-state index contributed by atoms with van der Waals surface area (Å²) in [7, 11) is 1.74. The highest BCUT2D eigenvalue weighted by Gasteiger charge is 2.44. The van der Waals surface area contributed by atoms with E-state index >= 15 is 0 Å². The summed E-state index contributed by atoms with van der Waals surface area (Å²) in [5, 5.41) is 14.5. The molecule has 0 spiro atoms. The van der Waals surface area contributed by atoms with Gasteiger partial charge in [-0.2, -0.15) is 0 Å². The molecule has 0 saturated carbocycles. The van der Waals surface area contributed by atoms with Gasteiger partial charge < -0.3 is 15.2 Å². The van der Waals surface area contributed by atoms with E-state index in [0.717, 1.165) is 37.5 Å². The summed E-state index contributed by atoms with van der Waals surface area (Å²) in [6.45, 7) is 6.21. The largest absolute Gasteiger partial charge is 0.496 e. The molecule has 1 heterocycles. The zero-order valence-corrected chi connectivity index (χ0v) is 15.6. The Bertz CT molecular complexity index is 757. The van der Waals surface area contributed by atoms with E-state index in [1.54, 1.807) is 7.11 Å². The average Bonchev–Trinajstić information content (AvgIpc) is 2.71. The van der Waals surface area contributed by atoms with Crippen molar-refractivity contribution >= 4 is 0 Å². The molecule has 2 aliphatic rings. The second kappa shape index (κ2) is 7.39. The van der Waals surface area contributed by atoms with Gasteiger partial charge in [0, 0.05) is 49.6 Å². The normalized spacial score (nSPS) is 29.2. The number of aliphatic hydroxyl groups excluding tert-OH is 1. The molecule has 2 N–H and O–H groups in total. The molecule has 0 bridgehead atoms. The number of rotatable bonds is 3. The van der Waals surface area contributed by atoms with Gasteiger partial charge in [0.05, 0.1) is 13.2 Å². The quantitative estimate of drug-likeness (QED) is 0.892. The molecule has 2 aromatic rings. The minimum Gasteiger partial charge on any atom is -0.496 e. The van der Waals surface area contributed by atoms with Crippen LogP contribution in [0.1, 0.15) is 35.6 Å². The summed E-state index contributed by atoms with van der Waals surface area (Å²) in [4.78, 5) is 2.55. The Labute approximate surface area is 155 Å². The fourth-order valence-corrected chi connectivity index (χ4v) is 4.82. The van der Waals surface area contributed by atoms with Gasteiger partial charge in [0.15, 0.2) is 0 Å². The number of piperazine rings is 1. The lowest BCUT2D eigenvalue weighted by molar-refractivity contribution is 0.0191. The van der Waals surface area contributed by atoms with Crippen LogP contribution in [0, 0.1) is 5.92 Å². The summed E-state index contributed by atoms with van der Waals surface area (Å²) >= 11 is 0. The number of ether oxygens (including phenoxy) is 1. The zero-order chi connectivity index (χ0) is 18.1. The molecule has 4 unspecified atom stereocenters. The second-order valence-electron chi connectivity index (χ2n) is 7.43. The van der Waals surface area contributed by atoms with E-state index in [1.807, 2.05) is 18.2 Å². The molecular formula is C22H28N2O2. The van der Waals surface area contributed by atoms with Crippen LogP contribution >= 0.6 is 0 Å². The first-order valence-corrected chi connectivity index (χ1v) is 9.57. The van der Waals surface area contributed by atoms with E-state index in [9.17, 15) is 5.11 Å². The molecule has 4 rings (SSSR count). The first-order chi connectivity index (χ1) is 12.7. The van der Waals surface area contributed by atoms with Crippen molar-refractivity contribution in [3.05, 3.63) is 65.2 Å². The molecule has 0 amide bonds. The van der Waals surface area contributed by atoms with Gasteiger partial charge in [0.1, 0.15) is 5.75 Å². The Morgan fingerprint density at radius 2 is 1.58 bits per heavy atom. The maximum atomic E-state index is 11.0. The smallest absolute Gasteiger partial charge is 0.122 e. The van der Waals surface area contributed by atoms with Crippen LogP contribution in [-0.4, -0.2) is 49.3 Å². The molecule has 2 aromatic carbocycles. The van der Waals surface area contributed by atoms with Gasteiger partial charge in [-0.25, -0.2) is 0 Å². The summed E-state index contributed by atoms with van der Waals surface area (Å²) in [6, 6.07) is 16.9. The van der Waals surface area contributed by atoms with Gasteiger partial charge in [-0.05, 0) is 17.2 Å². The number of aliphatic hydroxyl groups is 1. The average molecular weight is 352 g/mol. The van der Waals surface area contributed by atoms with Crippen molar-refractivity contribution < 1.29 is 9.84 Å². The highest BCUT2D eigenvalue weighted by Crippen LogP contribution is 2.48. The van der Waals surface area contributed by atoms with Crippen LogP contribution in [0.3, 0.4) is 0 Å². The van der Waals surface area contributed by atoms with Crippen molar-refractivity contribution in [3.63, 3.8) is 0 Å². The Hall–Kier alpha value is -1.88. The van der Waals surface area contributed by atoms with Crippen molar-refractivity contribution in [2.24, 2.45) is 5.92 Å². The molecule has 4 nitrogen and oxygen atoms in total. The number of para-hydroxylation sites is 1. The highest BCUT2D eigenvalue weighted by molar-refractivity contribution is 5.48. The van der Waals surface area contributed by atoms with Crippen LogP contribution in [0.15, 0.2) is 48.5 Å². The predicted molar refractivity (Wildman–Crippen MR) is 104 cm³/mol. The molecule has 138 valence electrons. The van der Waals surface area contributed by atoms with E-state index in [-0.39, 0.29) is 17.9 Å². The lowest BCUT2D eigenvalue weighted by Gasteiger charge is -2.48. The zero-order valence-electron chi connectivity index (χ0n) is 15.6. The van der Waals surface area contributed by atoms with Crippen LogP contribution in [0.25, 0.3) is 0 Å². The number of nitrogens with one attached hydrogen (secondary N) is 1. The van der Waals surface area contributed by atoms with Crippen LogP contribution in [-0.2, 0) is 0 Å². The molecule has 0 aromatic heterocycles. The van der Waals surface area contributed by atoms with E-state index in [1.165, 1.54) is 11.1 Å². The molecule has 26 heavy (non-hydrogen) atoms. The third kappa shape index (κ3) is 2.92. The minimum absolute atomic E-state index is 0.151. The third-order valence-corrected chi connectivity index (χ3v) is 6.08. The van der Waals surface area contributed by atoms with E-state index in [2.05, 4.69) is 47.5 Å². The number of hydrogen-bond donors (Lipinski definition) is 2. The van der Waals surface area contributed by atoms with Gasteiger partial charge >= 0.3 is 0 Å². The maximum Gasteiger partial charge on any atom is 0.122 e. The number of hydrogen-bond acceptors (Lipinski definition) is 4. The van der Waals surface area contributed by atoms with Crippen molar-refractivity contribution in [2.75, 3.05) is 33.3 Å². The monoisotopic (exact) mass is 352 g/mol. The first-order valence-electron chi connectivity index (χ1n) is 9.57. The minimum atomic E-state index is -0.433. The van der Waals surface area contributed by atoms with E-state index in [4.69, 9.17) is 4.74 Å². The molecular weight excluding hydrogens is 324 g/mol. The first kappa shape index (κ1) is 17.5. The predicted octanol–water partition coefficient (Wildman–Crippen LogP) is 2.78. The van der Waals surface area contributed by atoms with Crippen LogP contribution in [0.2, 0.25) is 0 Å². The summed E-state index contributed by atoms with van der Waals surface area (Å²) in [5.41, 5.74) is 3.50. The lowest BCUT2D eigenvalue weighted by atomic mass is 9.68. The summed E-state index contributed by atoms with van der Waals surface area (Å²) in [5.74, 6) is 1.27. The SMILES string of the molecule is COc1ccccc1C1c2ccccc2C(O)C(C)C1N1CCNCC1. The van der Waals surface area contributed by atoms with Gasteiger partial charge in [-0.1, -0.05) is 49.4 Å². The fraction of sp³-hybridized carbons (Fsp3) is 0.455. The Balaban J connectivity index is 1.88. The van der Waals surface area contributed by atoms with Gasteiger partial charge in [-0.3, -0.25) is 4.90 Å². The highest BCUT2D eigenvalue weighted by atomic mass is 16.5. The number of nitrogens with zero attached hydrogens (tertiary/aromatic N) is 1. The maximum absolute atomic E-state index is 11.0. The van der Waals surface area contributed by atoms with Gasteiger partial charge in [0.2, 0.25) is 0 Å². The molecule has 1 aliphatic carbocycles. The molecule has 1 fully saturated rings.